The molecule has 0 aromatic carbocycles. The smallest absolute Gasteiger partial charge is 0.233 e. The monoisotopic (exact) mass is 231 g/mol. The zero-order valence-corrected chi connectivity index (χ0v) is 9.72. The predicted molar refractivity (Wildman–Crippen MR) is 64.1 cm³/mol. The second-order valence-electron chi connectivity index (χ2n) is 4.29. The Hall–Kier alpha value is -1.59. The third-order valence-corrected chi connectivity index (χ3v) is 2.47. The van der Waals surface area contributed by atoms with Gasteiger partial charge in [-0.25, -0.2) is 0 Å². The number of amides is 1. The van der Waals surface area contributed by atoms with E-state index in [1.807, 2.05) is 0 Å². The number of rotatable bonds is 5. The number of hydrogen-bond acceptors (Lipinski definition) is 4. The highest BCUT2D eigenvalue weighted by molar-refractivity contribution is 6.25. The summed E-state index contributed by atoms with van der Waals surface area (Å²) < 4.78 is 5.43. The number of ether oxygens (including phenoxy) is 1. The van der Waals surface area contributed by atoms with Crippen LogP contribution in [0, 0.1) is 5.92 Å². The van der Waals surface area contributed by atoms with Crippen LogP contribution in [0.15, 0.2) is 12.1 Å². The highest BCUT2D eigenvalue weighted by atomic mass is 16.5. The first kappa shape index (κ1) is 11.9. The van der Waals surface area contributed by atoms with Crippen LogP contribution in [0.3, 0.4) is 0 Å². The van der Waals surface area contributed by atoms with Crippen molar-refractivity contribution < 1.29 is 9.53 Å². The van der Waals surface area contributed by atoms with Gasteiger partial charge in [0.15, 0.2) is 5.82 Å². The van der Waals surface area contributed by atoms with Crippen molar-refractivity contribution in [2.45, 2.75) is 25.6 Å². The highest BCUT2D eigenvalue weighted by Crippen LogP contribution is 2.29. The van der Waals surface area contributed by atoms with Crippen LogP contribution < -0.4 is 10.1 Å². The molecule has 0 spiro atoms. The Morgan fingerprint density at radius 1 is 1.59 bits per heavy atom. The SMILES string of the molecule is [B]C(C)C(=O)Nc1ccc(OCC2CC2)nn1. The molecule has 0 saturated heterocycles. The van der Waals surface area contributed by atoms with Crippen LogP contribution in [0.1, 0.15) is 19.8 Å². The maximum Gasteiger partial charge on any atom is 0.233 e. The van der Waals surface area contributed by atoms with E-state index in [9.17, 15) is 4.79 Å². The predicted octanol–water partition coefficient (Wildman–Crippen LogP) is 1.18. The van der Waals surface area contributed by atoms with Gasteiger partial charge in [-0.3, -0.25) is 4.79 Å². The topological polar surface area (TPSA) is 64.1 Å². The summed E-state index contributed by atoms with van der Waals surface area (Å²) in [7, 11) is 5.42. The second kappa shape index (κ2) is 5.16. The molecule has 1 atom stereocenters. The van der Waals surface area contributed by atoms with Crippen LogP contribution in [-0.4, -0.2) is 30.6 Å². The molecule has 1 aliphatic rings. The maximum absolute atomic E-state index is 11.3. The van der Waals surface area contributed by atoms with E-state index in [1.165, 1.54) is 12.8 Å². The van der Waals surface area contributed by atoms with Crippen molar-refractivity contribution >= 4 is 19.6 Å². The molecule has 1 N–H and O–H groups in total. The van der Waals surface area contributed by atoms with E-state index >= 15 is 0 Å². The van der Waals surface area contributed by atoms with Crippen molar-refractivity contribution in [1.29, 1.82) is 0 Å². The number of carbonyl (C=O) groups is 1. The lowest BCUT2D eigenvalue weighted by atomic mass is 9.89. The lowest BCUT2D eigenvalue weighted by molar-refractivity contribution is -0.115. The summed E-state index contributed by atoms with van der Waals surface area (Å²) in [6.07, 6.45) is 2.46. The van der Waals surface area contributed by atoms with Gasteiger partial charge >= 0.3 is 0 Å². The van der Waals surface area contributed by atoms with Crippen molar-refractivity contribution in [3.63, 3.8) is 0 Å². The van der Waals surface area contributed by atoms with Gasteiger partial charge in [0, 0.05) is 6.07 Å². The average Bonchev–Trinajstić information content (AvgIpc) is 3.12. The van der Waals surface area contributed by atoms with Crippen LogP contribution in [-0.2, 0) is 4.79 Å². The number of anilines is 1. The van der Waals surface area contributed by atoms with Crippen molar-refractivity contribution in [2.75, 3.05) is 11.9 Å². The Morgan fingerprint density at radius 2 is 2.35 bits per heavy atom. The fourth-order valence-electron chi connectivity index (χ4n) is 1.19. The lowest BCUT2D eigenvalue weighted by Crippen LogP contribution is -2.17. The Balaban J connectivity index is 1.85. The number of carbonyl (C=O) groups excluding carboxylic acids is 1. The molecule has 1 aromatic heterocycles. The van der Waals surface area contributed by atoms with Crippen molar-refractivity contribution in [1.82, 2.24) is 10.2 Å². The van der Waals surface area contributed by atoms with Crippen LogP contribution in [0.25, 0.3) is 0 Å². The first-order valence-electron chi connectivity index (χ1n) is 5.68. The molecule has 1 aromatic rings. The number of nitrogens with zero attached hydrogens (tertiary/aromatic N) is 2. The minimum Gasteiger partial charge on any atom is -0.476 e. The van der Waals surface area contributed by atoms with E-state index in [2.05, 4.69) is 15.5 Å². The summed E-state index contributed by atoms with van der Waals surface area (Å²) in [4.78, 5) is 11.3. The molecule has 1 amide bonds. The molecule has 1 saturated carbocycles. The summed E-state index contributed by atoms with van der Waals surface area (Å²) in [5.74, 6) is 0.685. The molecule has 2 radical (unpaired) electrons. The fourth-order valence-corrected chi connectivity index (χ4v) is 1.19. The first-order chi connectivity index (χ1) is 8.15. The number of nitrogens with one attached hydrogen (secondary N) is 1. The summed E-state index contributed by atoms with van der Waals surface area (Å²) in [6, 6.07) is 3.34. The second-order valence-corrected chi connectivity index (χ2v) is 4.29. The van der Waals surface area contributed by atoms with E-state index in [1.54, 1.807) is 19.1 Å². The molecule has 1 heterocycles. The standard InChI is InChI=1S/C11H14BN3O2/c1-7(12)11(16)13-9-4-5-10(15-14-9)17-6-8-2-3-8/h4-5,7-8H,2-3,6H2,1H3,(H,13,14,16). The Labute approximate surface area is 101 Å². The van der Waals surface area contributed by atoms with Gasteiger partial charge in [0.2, 0.25) is 11.8 Å². The molecule has 5 nitrogen and oxygen atoms in total. The molecule has 0 aliphatic heterocycles. The van der Waals surface area contributed by atoms with Crippen molar-refractivity contribution in [2.24, 2.45) is 5.92 Å². The zero-order valence-electron chi connectivity index (χ0n) is 9.72. The van der Waals surface area contributed by atoms with E-state index < -0.39 is 5.82 Å². The molecule has 1 aliphatic carbocycles. The van der Waals surface area contributed by atoms with Gasteiger partial charge in [0.25, 0.3) is 0 Å². The normalized spacial score (nSPS) is 16.3. The summed E-state index contributed by atoms with van der Waals surface area (Å²) >= 11 is 0. The molecular weight excluding hydrogens is 217 g/mol. The van der Waals surface area contributed by atoms with Crippen molar-refractivity contribution in [3.8, 4) is 5.88 Å². The van der Waals surface area contributed by atoms with Gasteiger partial charge in [-0.15, -0.1) is 10.2 Å². The third-order valence-electron chi connectivity index (χ3n) is 2.47. The first-order valence-corrected chi connectivity index (χ1v) is 5.68. The van der Waals surface area contributed by atoms with Gasteiger partial charge in [0.05, 0.1) is 14.5 Å². The highest BCUT2D eigenvalue weighted by Gasteiger charge is 2.22. The van der Waals surface area contributed by atoms with E-state index in [4.69, 9.17) is 12.6 Å². The molecule has 6 heteroatoms. The summed E-state index contributed by atoms with van der Waals surface area (Å²) in [6.45, 7) is 2.30. The van der Waals surface area contributed by atoms with Gasteiger partial charge < -0.3 is 10.1 Å². The largest absolute Gasteiger partial charge is 0.476 e. The van der Waals surface area contributed by atoms with E-state index in [0.717, 1.165) is 0 Å². The Kier molecular flexibility index (Phi) is 3.61. The molecule has 17 heavy (non-hydrogen) atoms. The van der Waals surface area contributed by atoms with Gasteiger partial charge in [-0.2, -0.15) is 0 Å². The van der Waals surface area contributed by atoms with Crippen LogP contribution in [0.2, 0.25) is 5.82 Å². The van der Waals surface area contributed by atoms with Crippen LogP contribution in [0.4, 0.5) is 5.82 Å². The zero-order chi connectivity index (χ0) is 12.3. The Morgan fingerprint density at radius 3 is 2.88 bits per heavy atom. The quantitative estimate of drug-likeness (QED) is 0.772. The molecule has 1 fully saturated rings. The average molecular weight is 231 g/mol. The lowest BCUT2D eigenvalue weighted by Gasteiger charge is -2.07. The fraction of sp³-hybridized carbons (Fsp3) is 0.545. The molecule has 88 valence electrons. The van der Waals surface area contributed by atoms with Crippen molar-refractivity contribution in [3.05, 3.63) is 12.1 Å². The van der Waals surface area contributed by atoms with E-state index in [0.29, 0.717) is 24.2 Å². The van der Waals surface area contributed by atoms with E-state index in [-0.39, 0.29) is 5.91 Å². The maximum atomic E-state index is 11.3. The minimum absolute atomic E-state index is 0.286. The van der Waals surface area contributed by atoms with Gasteiger partial charge in [-0.05, 0) is 30.6 Å². The summed E-state index contributed by atoms with van der Waals surface area (Å²) in [5, 5.41) is 10.3. The summed E-state index contributed by atoms with van der Waals surface area (Å²) in [5.41, 5.74) is 0. The number of hydrogen-bond donors (Lipinski definition) is 1. The molecule has 1 unspecified atom stereocenters. The Bertz CT molecular complexity index is 390. The number of aromatic nitrogens is 2. The minimum atomic E-state index is -0.567. The third kappa shape index (κ3) is 3.73. The van der Waals surface area contributed by atoms with Gasteiger partial charge in [-0.1, -0.05) is 6.92 Å². The molecule has 2 rings (SSSR count). The van der Waals surface area contributed by atoms with Gasteiger partial charge in [0.1, 0.15) is 0 Å². The van der Waals surface area contributed by atoms with Crippen LogP contribution in [0.5, 0.6) is 5.88 Å². The molecular formula is C11H14BN3O2. The molecule has 0 bridgehead atoms. The van der Waals surface area contributed by atoms with Crippen LogP contribution >= 0.6 is 0 Å².